The van der Waals surface area contributed by atoms with E-state index in [1.54, 1.807) is 18.0 Å². The van der Waals surface area contributed by atoms with Crippen LogP contribution in [-0.2, 0) is 29.1 Å². The quantitative estimate of drug-likeness (QED) is 0.173. The summed E-state index contributed by atoms with van der Waals surface area (Å²) >= 11 is 0. The number of nitrogens with two attached hydrogens (primary N) is 2. The molecule has 2 aliphatic heterocycles. The van der Waals surface area contributed by atoms with Crippen molar-refractivity contribution in [2.75, 3.05) is 31.6 Å². The topological polar surface area (TPSA) is 214 Å². The number of allylic oxidation sites excluding steroid dienone is 2. The molecule has 4 fully saturated rings. The Labute approximate surface area is 354 Å². The number of carbonyl (C=O) groups excluding carboxylic acids is 4. The molecule has 0 bridgehead atoms. The Bertz CT molecular complexity index is 1930. The molecular weight excluding hydrogens is 777 g/mol. The first kappa shape index (κ1) is 47.1. The van der Waals surface area contributed by atoms with Crippen LogP contribution in [-0.4, -0.2) is 92.4 Å². The normalized spacial score (nSPS) is 23.8. The van der Waals surface area contributed by atoms with Crippen molar-refractivity contribution in [3.05, 3.63) is 36.5 Å². The maximum absolute atomic E-state index is 13.2. The largest absolute Gasteiger partial charge is 0.489 e. The summed E-state index contributed by atoms with van der Waals surface area (Å²) in [5.74, 6) is 2.81. The Morgan fingerprint density at radius 3 is 2.37 bits per heavy atom. The Kier molecular flexibility index (Phi) is 16.8. The predicted octanol–water partition coefficient (Wildman–Crippen LogP) is 6.56. The van der Waals surface area contributed by atoms with E-state index in [9.17, 15) is 27.6 Å². The van der Waals surface area contributed by atoms with Crippen LogP contribution >= 0.6 is 0 Å². The highest BCUT2D eigenvalue weighted by Crippen LogP contribution is 2.52. The molecule has 2 aromatic rings. The van der Waals surface area contributed by atoms with E-state index in [-0.39, 0.29) is 47.4 Å². The molecule has 334 valence electrons. The van der Waals surface area contributed by atoms with Crippen LogP contribution in [0.2, 0.25) is 0 Å². The van der Waals surface area contributed by atoms with Gasteiger partial charge >= 0.3 is 6.09 Å². The number of sulfonamides is 1. The van der Waals surface area contributed by atoms with Gasteiger partial charge in [0.25, 0.3) is 0 Å². The number of likely N-dealkylation sites (tertiary alicyclic amines) is 1. The van der Waals surface area contributed by atoms with Crippen LogP contribution in [0.5, 0.6) is 11.6 Å². The molecule has 7 rings (SSSR count). The molecule has 0 spiro atoms. The molecule has 3 heterocycles. The molecule has 5 aliphatic rings. The zero-order valence-corrected chi connectivity index (χ0v) is 35.4. The summed E-state index contributed by atoms with van der Waals surface area (Å²) in [6.45, 7) is 9.76. The molecule has 1 aromatic heterocycles. The lowest BCUT2D eigenvalue weighted by molar-refractivity contribution is -0.138. The van der Waals surface area contributed by atoms with Gasteiger partial charge in [-0.05, 0) is 100 Å². The zero-order chi connectivity index (χ0) is 42.1. The number of nitrogens with zero attached hydrogens (tertiary/aromatic N) is 3. The highest BCUT2D eigenvalue weighted by atomic mass is 32.2. The third-order valence-electron chi connectivity index (χ3n) is 11.5. The fourth-order valence-electron chi connectivity index (χ4n) is 8.19. The van der Waals surface area contributed by atoms with Crippen LogP contribution in [0.4, 0.5) is 10.5 Å². The van der Waals surface area contributed by atoms with Crippen molar-refractivity contribution >= 4 is 50.3 Å². The second-order valence-electron chi connectivity index (χ2n) is 16.5. The van der Waals surface area contributed by atoms with E-state index in [4.69, 9.17) is 25.7 Å². The number of likely N-dealkylation sites (N-methyl/N-ethyl adjacent to an activating group) is 1. The third kappa shape index (κ3) is 13.2. The van der Waals surface area contributed by atoms with E-state index in [1.165, 1.54) is 6.42 Å². The molecule has 0 radical (unpaired) electrons. The summed E-state index contributed by atoms with van der Waals surface area (Å²) in [6.07, 6.45) is 14.0. The second-order valence-corrected chi connectivity index (χ2v) is 18.5. The number of hydrogen-bond donors (Lipinski definition) is 3. The van der Waals surface area contributed by atoms with Crippen LogP contribution in [0.1, 0.15) is 110 Å². The van der Waals surface area contributed by atoms with Crippen molar-refractivity contribution in [1.82, 2.24) is 14.6 Å². The molecule has 16 heteroatoms. The molecule has 3 aliphatic carbocycles. The van der Waals surface area contributed by atoms with Crippen molar-refractivity contribution in [3.8, 4) is 11.6 Å². The summed E-state index contributed by atoms with van der Waals surface area (Å²) in [6, 6.07) is 5.27. The van der Waals surface area contributed by atoms with E-state index < -0.39 is 34.0 Å². The Balaban J connectivity index is 0.000000628. The monoisotopic (exact) mass is 849 g/mol. The summed E-state index contributed by atoms with van der Waals surface area (Å²) in [5, 5.41) is 1.47. The number of fused-ring (bicyclic) bond motifs is 4. The van der Waals surface area contributed by atoms with E-state index in [1.807, 2.05) is 36.9 Å². The Morgan fingerprint density at radius 2 is 1.75 bits per heavy atom. The third-order valence-corrected chi connectivity index (χ3v) is 13.4. The minimum atomic E-state index is -3.30. The van der Waals surface area contributed by atoms with Crippen molar-refractivity contribution in [1.29, 1.82) is 0 Å². The molecule has 3 unspecified atom stereocenters. The summed E-state index contributed by atoms with van der Waals surface area (Å²) in [7, 11) is -1.25. The number of aromatic nitrogens is 1. The van der Waals surface area contributed by atoms with Gasteiger partial charge in [-0.1, -0.05) is 40.3 Å². The lowest BCUT2D eigenvalue weighted by Crippen LogP contribution is -2.44. The molecule has 3 saturated carbocycles. The minimum Gasteiger partial charge on any atom is -0.489 e. The molecular formula is C43H72N6O9S. The lowest BCUT2D eigenvalue weighted by Gasteiger charge is -2.28. The molecule has 7 atom stereocenters. The number of pyridine rings is 1. The van der Waals surface area contributed by atoms with Gasteiger partial charge < -0.3 is 35.5 Å². The number of ether oxygens (including phenoxy) is 3. The van der Waals surface area contributed by atoms with Gasteiger partial charge in [-0.3, -0.25) is 19.1 Å². The first-order chi connectivity index (χ1) is 27.6. The predicted molar refractivity (Wildman–Crippen MR) is 235 cm³/mol. The van der Waals surface area contributed by atoms with Gasteiger partial charge in [0, 0.05) is 47.6 Å². The number of rotatable bonds is 14. The smallest absolute Gasteiger partial charge is 0.404 e. The minimum absolute atomic E-state index is 0. The molecule has 59 heavy (non-hydrogen) atoms. The van der Waals surface area contributed by atoms with Crippen molar-refractivity contribution in [2.45, 2.75) is 129 Å². The SMILES string of the molecule is C.C/C=C\CC[C@@H](C)C[C@@H](C)CC(=O)N1CC(Oc2nccc3c4c(ccc23)N(C)CCO4)C[C@H]1C(N)=O.CCC(=O)NS(=O)(=O)C1CC1.NC(=O)OC1CC2C[C@@H]2C1.[HH].[HH].[HH]. The second kappa shape index (κ2) is 21.1. The molecule has 4 amide bonds. The van der Waals surface area contributed by atoms with E-state index in [2.05, 4.69) is 35.9 Å². The van der Waals surface area contributed by atoms with E-state index >= 15 is 0 Å². The van der Waals surface area contributed by atoms with Crippen molar-refractivity contribution < 1.29 is 46.1 Å². The zero-order valence-electron chi connectivity index (χ0n) is 34.6. The van der Waals surface area contributed by atoms with Gasteiger partial charge in [-0.25, -0.2) is 18.2 Å². The fraction of sp³-hybridized carbons (Fsp3) is 0.651. The number of benzene rings is 1. The molecule has 5 N–H and O–H groups in total. The van der Waals surface area contributed by atoms with Gasteiger partial charge in [0.15, 0.2) is 5.75 Å². The van der Waals surface area contributed by atoms with Gasteiger partial charge in [-0.15, -0.1) is 0 Å². The van der Waals surface area contributed by atoms with E-state index in [0.29, 0.717) is 50.6 Å². The van der Waals surface area contributed by atoms with Crippen LogP contribution in [0, 0.1) is 23.7 Å². The highest BCUT2D eigenvalue weighted by Gasteiger charge is 2.47. The van der Waals surface area contributed by atoms with Gasteiger partial charge in [-0.2, -0.15) is 0 Å². The number of carbonyl (C=O) groups is 4. The number of hydrogen-bond acceptors (Lipinski definition) is 11. The van der Waals surface area contributed by atoms with Gasteiger partial charge in [0.2, 0.25) is 33.6 Å². The molecule has 1 aromatic carbocycles. The molecule has 1 saturated heterocycles. The average Bonchev–Trinajstić information content (AvgIpc) is 4.08. The first-order valence-electron chi connectivity index (χ1n) is 20.7. The van der Waals surface area contributed by atoms with Crippen LogP contribution in [0.25, 0.3) is 10.8 Å². The number of amides is 4. The maximum atomic E-state index is 13.2. The number of nitrogens with one attached hydrogen (secondary N) is 1. The first-order valence-corrected chi connectivity index (χ1v) is 22.3. The van der Waals surface area contributed by atoms with E-state index in [0.717, 1.165) is 72.7 Å². The summed E-state index contributed by atoms with van der Waals surface area (Å²) in [4.78, 5) is 54.7. The standard InChI is InChI=1S/C29H40N4O4.C7H11NO2.C6H11NO3S.CH4.3H2/c1-5-6-7-8-19(2)15-20(3)16-26(34)33-18-21(17-25(33)28(30)35)37-29-23-9-10-24-27(22(23)11-12-31-29)36-14-13-32(24)4;8-7(9)10-6-2-4-1-5(4)3-6;1-2-6(8)7-11(9,10)5-3-4-5;;;;/h5-6,9-12,19-21,25H,7-8,13-18H2,1-4H3,(H2,30,35);4-6H,1-3H2,(H2,8,9);5H,2-4H2,1H3,(H,7,8);1H4;3*1H/b6-5-;;;;;;/t19-,20-,21?,25+;4-,5?,6?;;;;;/m11...../s1. The summed E-state index contributed by atoms with van der Waals surface area (Å²) in [5.41, 5.74) is 11.6. The van der Waals surface area contributed by atoms with Crippen molar-refractivity contribution in [2.24, 2.45) is 35.1 Å². The Morgan fingerprint density at radius 1 is 1.03 bits per heavy atom. The Hall–Kier alpha value is -4.60. The average molecular weight is 849 g/mol. The fourth-order valence-corrected chi connectivity index (χ4v) is 9.57. The molecule has 15 nitrogen and oxygen atoms in total. The van der Waals surface area contributed by atoms with Gasteiger partial charge in [0.05, 0.1) is 24.0 Å². The number of primary amides is 2. The maximum Gasteiger partial charge on any atom is 0.404 e. The van der Waals surface area contributed by atoms with Crippen LogP contribution in [0.3, 0.4) is 0 Å². The summed E-state index contributed by atoms with van der Waals surface area (Å²) < 4.78 is 41.2. The van der Waals surface area contributed by atoms with Crippen LogP contribution < -0.4 is 30.6 Å². The van der Waals surface area contributed by atoms with Crippen LogP contribution in [0.15, 0.2) is 36.5 Å². The number of anilines is 1. The van der Waals surface area contributed by atoms with Gasteiger partial charge in [0.1, 0.15) is 24.9 Å². The lowest BCUT2D eigenvalue weighted by atomic mass is 9.91. The highest BCUT2D eigenvalue weighted by molar-refractivity contribution is 7.90. The van der Waals surface area contributed by atoms with Crippen molar-refractivity contribution in [3.63, 3.8) is 0 Å².